The number of furan rings is 1. The summed E-state index contributed by atoms with van der Waals surface area (Å²) >= 11 is 0. The summed E-state index contributed by atoms with van der Waals surface area (Å²) in [5.74, 6) is 0.971. The maximum Gasteiger partial charge on any atom is 0.247 e. The lowest BCUT2D eigenvalue weighted by Gasteiger charge is -2.27. The Bertz CT molecular complexity index is 734. The van der Waals surface area contributed by atoms with Crippen LogP contribution >= 0.6 is 0 Å². The average Bonchev–Trinajstić information content (AvgIpc) is 3.03. The molecule has 1 heterocycles. The van der Waals surface area contributed by atoms with Gasteiger partial charge in [0.1, 0.15) is 17.6 Å². The third kappa shape index (κ3) is 5.35. The van der Waals surface area contributed by atoms with E-state index in [1.807, 2.05) is 50.2 Å². The lowest BCUT2D eigenvalue weighted by Crippen LogP contribution is -2.45. The summed E-state index contributed by atoms with van der Waals surface area (Å²) in [7, 11) is 0. The zero-order valence-electron chi connectivity index (χ0n) is 14.9. The van der Waals surface area contributed by atoms with Gasteiger partial charge in [-0.25, -0.2) is 0 Å². The Morgan fingerprint density at radius 2 is 1.92 bits per heavy atom. The van der Waals surface area contributed by atoms with E-state index in [1.165, 1.54) is 6.08 Å². The van der Waals surface area contributed by atoms with Crippen LogP contribution in [0.15, 0.2) is 53.0 Å². The van der Waals surface area contributed by atoms with E-state index < -0.39 is 6.04 Å². The fourth-order valence-electron chi connectivity index (χ4n) is 2.44. The van der Waals surface area contributed by atoms with Gasteiger partial charge >= 0.3 is 0 Å². The van der Waals surface area contributed by atoms with Crippen LogP contribution in [-0.4, -0.2) is 29.3 Å². The van der Waals surface area contributed by atoms with E-state index in [4.69, 9.17) is 4.42 Å². The lowest BCUT2D eigenvalue weighted by molar-refractivity contribution is -0.134. The van der Waals surface area contributed by atoms with Crippen LogP contribution in [0.3, 0.4) is 0 Å². The number of carbonyl (C=O) groups is 2. The number of amides is 2. The van der Waals surface area contributed by atoms with Gasteiger partial charge in [0.2, 0.25) is 11.8 Å². The molecule has 0 fully saturated rings. The van der Waals surface area contributed by atoms with Crippen LogP contribution in [0.25, 0.3) is 6.08 Å². The highest BCUT2D eigenvalue weighted by Crippen LogP contribution is 2.11. The van der Waals surface area contributed by atoms with Crippen molar-refractivity contribution in [3.05, 3.63) is 60.1 Å². The summed E-state index contributed by atoms with van der Waals surface area (Å²) in [4.78, 5) is 26.6. The fraction of sp³-hybridized carbons (Fsp3) is 0.300. The number of hydrogen-bond donors (Lipinski definition) is 1. The molecule has 0 radical (unpaired) electrons. The highest BCUT2D eigenvalue weighted by Gasteiger charge is 2.24. The van der Waals surface area contributed by atoms with Crippen LogP contribution < -0.4 is 5.32 Å². The van der Waals surface area contributed by atoms with E-state index in [-0.39, 0.29) is 11.8 Å². The maximum atomic E-state index is 12.5. The average molecular weight is 340 g/mol. The van der Waals surface area contributed by atoms with Gasteiger partial charge < -0.3 is 14.6 Å². The van der Waals surface area contributed by atoms with Crippen LogP contribution in [0.5, 0.6) is 0 Å². The molecule has 132 valence electrons. The molecule has 0 bridgehead atoms. The maximum absolute atomic E-state index is 12.5. The smallest absolute Gasteiger partial charge is 0.247 e. The van der Waals surface area contributed by atoms with Crippen molar-refractivity contribution in [2.45, 2.75) is 33.2 Å². The van der Waals surface area contributed by atoms with Gasteiger partial charge in [-0.05, 0) is 50.6 Å². The van der Waals surface area contributed by atoms with Gasteiger partial charge in [-0.15, -0.1) is 0 Å². The quantitative estimate of drug-likeness (QED) is 0.778. The number of rotatable bonds is 7. The van der Waals surface area contributed by atoms with Crippen molar-refractivity contribution >= 4 is 23.6 Å². The predicted molar refractivity (Wildman–Crippen MR) is 99.0 cm³/mol. The number of benzene rings is 1. The zero-order valence-corrected chi connectivity index (χ0v) is 14.9. The summed E-state index contributed by atoms with van der Waals surface area (Å²) < 4.78 is 5.42. The second-order valence-electron chi connectivity index (χ2n) is 5.84. The molecule has 0 spiro atoms. The van der Waals surface area contributed by atoms with Crippen molar-refractivity contribution in [1.29, 1.82) is 0 Å². The summed E-state index contributed by atoms with van der Waals surface area (Å²) in [6, 6.07) is 12.3. The van der Waals surface area contributed by atoms with Gasteiger partial charge in [0, 0.05) is 18.3 Å². The van der Waals surface area contributed by atoms with Crippen molar-refractivity contribution in [3.8, 4) is 0 Å². The number of para-hydroxylation sites is 1. The van der Waals surface area contributed by atoms with Crippen LogP contribution in [0.1, 0.15) is 31.8 Å². The summed E-state index contributed by atoms with van der Waals surface area (Å²) in [6.07, 6.45) is 3.84. The van der Waals surface area contributed by atoms with Crippen molar-refractivity contribution < 1.29 is 14.0 Å². The highest BCUT2D eigenvalue weighted by molar-refractivity contribution is 5.99. The Hall–Kier alpha value is -2.82. The molecular weight excluding hydrogens is 316 g/mol. The first-order chi connectivity index (χ1) is 12.0. The Kier molecular flexibility index (Phi) is 6.57. The first-order valence-electron chi connectivity index (χ1n) is 8.42. The highest BCUT2D eigenvalue weighted by atomic mass is 16.3. The van der Waals surface area contributed by atoms with Crippen molar-refractivity contribution in [3.63, 3.8) is 0 Å². The fourth-order valence-corrected chi connectivity index (χ4v) is 2.44. The number of carbonyl (C=O) groups excluding carboxylic acids is 2. The van der Waals surface area contributed by atoms with E-state index in [0.29, 0.717) is 18.0 Å². The van der Waals surface area contributed by atoms with Crippen LogP contribution in [0.4, 0.5) is 5.69 Å². The number of hydrogen-bond acceptors (Lipinski definition) is 3. The lowest BCUT2D eigenvalue weighted by atomic mass is 10.2. The molecule has 1 aromatic heterocycles. The molecule has 0 aliphatic rings. The van der Waals surface area contributed by atoms with Crippen LogP contribution in [0.2, 0.25) is 0 Å². The van der Waals surface area contributed by atoms with Gasteiger partial charge in [0.05, 0.1) is 0 Å². The monoisotopic (exact) mass is 340 g/mol. The molecule has 5 heteroatoms. The van der Waals surface area contributed by atoms with Crippen molar-refractivity contribution in [1.82, 2.24) is 4.90 Å². The Balaban J connectivity index is 2.05. The first-order valence-corrected chi connectivity index (χ1v) is 8.42. The molecule has 2 aromatic rings. The minimum atomic E-state index is -0.573. The van der Waals surface area contributed by atoms with Crippen molar-refractivity contribution in [2.24, 2.45) is 0 Å². The summed E-state index contributed by atoms with van der Waals surface area (Å²) in [6.45, 7) is 6.06. The molecule has 1 atom stereocenters. The van der Waals surface area contributed by atoms with Crippen molar-refractivity contribution in [2.75, 3.05) is 11.9 Å². The standard InChI is InChI=1S/C20H24N2O3/c1-4-14-22(19(23)13-12-18-11-10-15(2)25-18)16(3)20(24)21-17-8-6-5-7-9-17/h5-13,16H,4,14H2,1-3H3,(H,21,24)/b13-12-/t16-/m0/s1. The molecular formula is C20H24N2O3. The molecule has 0 saturated carbocycles. The first kappa shape index (κ1) is 18.5. The molecule has 5 nitrogen and oxygen atoms in total. The molecule has 25 heavy (non-hydrogen) atoms. The van der Waals surface area contributed by atoms with Crippen LogP contribution in [0, 0.1) is 6.92 Å². The van der Waals surface area contributed by atoms with Gasteiger partial charge in [-0.1, -0.05) is 25.1 Å². The Labute approximate surface area is 148 Å². The number of nitrogens with one attached hydrogen (secondary N) is 1. The van der Waals surface area contributed by atoms with Gasteiger partial charge in [0.15, 0.2) is 0 Å². The molecule has 0 saturated heterocycles. The Morgan fingerprint density at radius 1 is 1.20 bits per heavy atom. The van der Waals surface area contributed by atoms with E-state index in [1.54, 1.807) is 24.0 Å². The summed E-state index contributed by atoms with van der Waals surface area (Å²) in [5.41, 5.74) is 0.713. The minimum absolute atomic E-state index is 0.213. The normalized spacial score (nSPS) is 12.1. The number of nitrogens with zero attached hydrogens (tertiary/aromatic N) is 1. The Morgan fingerprint density at radius 3 is 2.52 bits per heavy atom. The number of anilines is 1. The molecule has 0 aliphatic carbocycles. The third-order valence-corrected chi connectivity index (χ3v) is 3.79. The molecule has 1 N–H and O–H groups in total. The van der Waals surface area contributed by atoms with E-state index in [2.05, 4.69) is 5.32 Å². The molecule has 2 amide bonds. The van der Waals surface area contributed by atoms with Crippen LogP contribution in [-0.2, 0) is 9.59 Å². The SMILES string of the molecule is CCCN(C(=O)/C=C\c1ccc(C)o1)[C@@H](C)C(=O)Nc1ccccc1. The van der Waals surface area contributed by atoms with E-state index >= 15 is 0 Å². The summed E-state index contributed by atoms with van der Waals surface area (Å²) in [5, 5.41) is 2.84. The van der Waals surface area contributed by atoms with Gasteiger partial charge in [-0.2, -0.15) is 0 Å². The second-order valence-corrected chi connectivity index (χ2v) is 5.84. The molecule has 2 rings (SSSR count). The second kappa shape index (κ2) is 8.87. The predicted octanol–water partition coefficient (Wildman–Crippen LogP) is 3.87. The van der Waals surface area contributed by atoms with E-state index in [0.717, 1.165) is 12.2 Å². The van der Waals surface area contributed by atoms with E-state index in [9.17, 15) is 9.59 Å². The zero-order chi connectivity index (χ0) is 18.2. The molecule has 0 unspecified atom stereocenters. The molecule has 1 aromatic carbocycles. The number of aryl methyl sites for hydroxylation is 1. The minimum Gasteiger partial charge on any atom is -0.462 e. The topological polar surface area (TPSA) is 62.6 Å². The van der Waals surface area contributed by atoms with Gasteiger partial charge in [-0.3, -0.25) is 9.59 Å². The third-order valence-electron chi connectivity index (χ3n) is 3.79. The van der Waals surface area contributed by atoms with Gasteiger partial charge in [0.25, 0.3) is 0 Å². The largest absolute Gasteiger partial charge is 0.462 e. The molecule has 0 aliphatic heterocycles.